The van der Waals surface area contributed by atoms with E-state index in [1.54, 1.807) is 0 Å². The molecule has 94 valence electrons. The van der Waals surface area contributed by atoms with Crippen LogP contribution < -0.4 is 10.5 Å². The summed E-state index contributed by atoms with van der Waals surface area (Å²) in [7, 11) is 0. The molecule has 0 unspecified atom stereocenters. The van der Waals surface area contributed by atoms with Gasteiger partial charge in [0.1, 0.15) is 0 Å². The second-order valence-electron chi connectivity index (χ2n) is 4.40. The van der Waals surface area contributed by atoms with Crippen LogP contribution in [-0.4, -0.2) is 23.3 Å². The highest BCUT2D eigenvalue weighted by Gasteiger charge is 2.15. The maximum Gasteiger partial charge on any atom is 0.218 e. The SMILES string of the molecule is NCc1cc2c(nc1OCCCO)CCCC2. The summed E-state index contributed by atoms with van der Waals surface area (Å²) in [5.74, 6) is 0.654. The average Bonchev–Trinajstić information content (AvgIpc) is 2.38. The highest BCUT2D eigenvalue weighted by molar-refractivity contribution is 5.35. The van der Waals surface area contributed by atoms with Crippen molar-refractivity contribution >= 4 is 0 Å². The number of aromatic nitrogens is 1. The van der Waals surface area contributed by atoms with Crippen molar-refractivity contribution in [1.82, 2.24) is 4.98 Å². The van der Waals surface area contributed by atoms with Gasteiger partial charge in [-0.3, -0.25) is 0 Å². The van der Waals surface area contributed by atoms with Crippen LogP contribution in [0.4, 0.5) is 0 Å². The first kappa shape index (κ1) is 12.3. The van der Waals surface area contributed by atoms with Crippen LogP contribution in [0.3, 0.4) is 0 Å². The molecule has 1 aromatic rings. The van der Waals surface area contributed by atoms with Crippen molar-refractivity contribution in [3.63, 3.8) is 0 Å². The van der Waals surface area contributed by atoms with Gasteiger partial charge in [0, 0.05) is 30.8 Å². The van der Waals surface area contributed by atoms with E-state index < -0.39 is 0 Å². The zero-order valence-electron chi connectivity index (χ0n) is 10.1. The van der Waals surface area contributed by atoms with E-state index in [4.69, 9.17) is 15.6 Å². The zero-order chi connectivity index (χ0) is 12.1. The number of rotatable bonds is 5. The molecule has 0 aromatic carbocycles. The first-order valence-corrected chi connectivity index (χ1v) is 6.30. The van der Waals surface area contributed by atoms with Gasteiger partial charge in [0.2, 0.25) is 5.88 Å². The number of aliphatic hydroxyl groups excluding tert-OH is 1. The summed E-state index contributed by atoms with van der Waals surface area (Å²) in [5.41, 5.74) is 9.18. The Morgan fingerprint density at radius 2 is 2.18 bits per heavy atom. The number of nitrogens with zero attached hydrogens (tertiary/aromatic N) is 1. The normalized spacial score (nSPS) is 14.5. The minimum Gasteiger partial charge on any atom is -0.477 e. The monoisotopic (exact) mass is 236 g/mol. The number of hydrogen-bond donors (Lipinski definition) is 2. The van der Waals surface area contributed by atoms with E-state index in [1.807, 2.05) is 0 Å². The maximum absolute atomic E-state index is 8.74. The van der Waals surface area contributed by atoms with Crippen molar-refractivity contribution in [2.75, 3.05) is 13.2 Å². The zero-order valence-corrected chi connectivity index (χ0v) is 10.1. The van der Waals surface area contributed by atoms with Gasteiger partial charge in [0.05, 0.1) is 6.61 Å². The lowest BCUT2D eigenvalue weighted by Gasteiger charge is -2.18. The molecular weight excluding hydrogens is 216 g/mol. The topological polar surface area (TPSA) is 68.4 Å². The molecule has 1 aromatic heterocycles. The van der Waals surface area contributed by atoms with Gasteiger partial charge in [-0.25, -0.2) is 4.98 Å². The molecule has 0 radical (unpaired) electrons. The lowest BCUT2D eigenvalue weighted by Crippen LogP contribution is -2.12. The number of aliphatic hydroxyl groups is 1. The van der Waals surface area contributed by atoms with Crippen molar-refractivity contribution < 1.29 is 9.84 Å². The molecule has 0 bridgehead atoms. The van der Waals surface area contributed by atoms with Crippen molar-refractivity contribution in [2.45, 2.75) is 38.6 Å². The predicted octanol–water partition coefficient (Wildman–Crippen LogP) is 1.18. The third-order valence-corrected chi connectivity index (χ3v) is 3.10. The van der Waals surface area contributed by atoms with Crippen molar-refractivity contribution in [3.8, 4) is 5.88 Å². The van der Waals surface area contributed by atoms with E-state index in [0.29, 0.717) is 25.5 Å². The lowest BCUT2D eigenvalue weighted by molar-refractivity contribution is 0.227. The van der Waals surface area contributed by atoms with Gasteiger partial charge in [-0.05, 0) is 37.3 Å². The number of ether oxygens (including phenoxy) is 1. The number of nitrogens with two attached hydrogens (primary N) is 1. The van der Waals surface area contributed by atoms with E-state index in [0.717, 1.165) is 24.1 Å². The summed E-state index contributed by atoms with van der Waals surface area (Å²) in [6.45, 7) is 1.09. The van der Waals surface area contributed by atoms with Crippen LogP contribution in [-0.2, 0) is 19.4 Å². The Morgan fingerprint density at radius 3 is 2.94 bits per heavy atom. The standard InChI is InChI=1S/C13H20N2O2/c14-9-11-8-10-4-1-2-5-12(10)15-13(11)17-7-3-6-16/h8,16H,1-7,9,14H2. The van der Waals surface area contributed by atoms with Gasteiger partial charge < -0.3 is 15.6 Å². The molecular formula is C13H20N2O2. The Kier molecular flexibility index (Phi) is 4.34. The molecule has 0 atom stereocenters. The molecule has 0 amide bonds. The van der Waals surface area contributed by atoms with Gasteiger partial charge in [0.25, 0.3) is 0 Å². The van der Waals surface area contributed by atoms with Gasteiger partial charge in [-0.2, -0.15) is 0 Å². The molecule has 0 saturated carbocycles. The molecule has 0 fully saturated rings. The second kappa shape index (κ2) is 5.98. The Balaban J connectivity index is 2.17. The largest absolute Gasteiger partial charge is 0.477 e. The minimum absolute atomic E-state index is 0.142. The molecule has 4 nitrogen and oxygen atoms in total. The summed E-state index contributed by atoms with van der Waals surface area (Å²) in [6.07, 6.45) is 5.22. The van der Waals surface area contributed by atoms with Gasteiger partial charge >= 0.3 is 0 Å². The van der Waals surface area contributed by atoms with Gasteiger partial charge in [-0.15, -0.1) is 0 Å². The molecule has 2 rings (SSSR count). The predicted molar refractivity (Wildman–Crippen MR) is 66.0 cm³/mol. The molecule has 1 heterocycles. The van der Waals surface area contributed by atoms with Crippen molar-refractivity contribution in [3.05, 3.63) is 22.9 Å². The summed E-state index contributed by atoms with van der Waals surface area (Å²) >= 11 is 0. The van der Waals surface area contributed by atoms with E-state index in [-0.39, 0.29) is 6.61 Å². The third-order valence-electron chi connectivity index (χ3n) is 3.10. The Labute approximate surface area is 102 Å². The van der Waals surface area contributed by atoms with E-state index >= 15 is 0 Å². The number of fused-ring (bicyclic) bond motifs is 1. The molecule has 0 spiro atoms. The fraction of sp³-hybridized carbons (Fsp3) is 0.615. The van der Waals surface area contributed by atoms with Crippen LogP contribution in [0.2, 0.25) is 0 Å². The van der Waals surface area contributed by atoms with E-state index in [1.165, 1.54) is 18.4 Å². The Bertz CT molecular complexity index is 380. The van der Waals surface area contributed by atoms with Crippen LogP contribution in [0, 0.1) is 0 Å². The highest BCUT2D eigenvalue weighted by Crippen LogP contribution is 2.25. The maximum atomic E-state index is 8.74. The second-order valence-corrected chi connectivity index (χ2v) is 4.40. The van der Waals surface area contributed by atoms with Gasteiger partial charge in [0.15, 0.2) is 0 Å². The molecule has 17 heavy (non-hydrogen) atoms. The number of hydrogen-bond acceptors (Lipinski definition) is 4. The highest BCUT2D eigenvalue weighted by atomic mass is 16.5. The summed E-state index contributed by atoms with van der Waals surface area (Å²) in [5, 5.41) is 8.74. The Hall–Kier alpha value is -1.13. The first-order chi connectivity index (χ1) is 8.35. The smallest absolute Gasteiger partial charge is 0.218 e. The fourth-order valence-electron chi connectivity index (χ4n) is 2.17. The van der Waals surface area contributed by atoms with Crippen molar-refractivity contribution in [1.29, 1.82) is 0 Å². The summed E-state index contributed by atoms with van der Waals surface area (Å²) < 4.78 is 5.58. The minimum atomic E-state index is 0.142. The Morgan fingerprint density at radius 1 is 1.35 bits per heavy atom. The lowest BCUT2D eigenvalue weighted by atomic mass is 9.95. The molecule has 0 saturated heterocycles. The van der Waals surface area contributed by atoms with Crippen LogP contribution in [0.25, 0.3) is 0 Å². The molecule has 3 N–H and O–H groups in total. The third kappa shape index (κ3) is 2.96. The van der Waals surface area contributed by atoms with E-state index in [2.05, 4.69) is 11.1 Å². The molecule has 1 aliphatic rings. The quantitative estimate of drug-likeness (QED) is 0.753. The summed E-state index contributed by atoms with van der Waals surface area (Å²) in [4.78, 5) is 4.57. The first-order valence-electron chi connectivity index (χ1n) is 6.30. The van der Waals surface area contributed by atoms with E-state index in [9.17, 15) is 0 Å². The van der Waals surface area contributed by atoms with Crippen LogP contribution in [0.5, 0.6) is 5.88 Å². The fourth-order valence-corrected chi connectivity index (χ4v) is 2.17. The van der Waals surface area contributed by atoms with Crippen LogP contribution >= 0.6 is 0 Å². The average molecular weight is 236 g/mol. The van der Waals surface area contributed by atoms with Crippen molar-refractivity contribution in [2.24, 2.45) is 5.73 Å². The number of aryl methyl sites for hydroxylation is 2. The van der Waals surface area contributed by atoms with Gasteiger partial charge in [-0.1, -0.05) is 0 Å². The number of pyridine rings is 1. The van der Waals surface area contributed by atoms with Crippen LogP contribution in [0.1, 0.15) is 36.1 Å². The molecule has 0 aliphatic heterocycles. The summed E-state index contributed by atoms with van der Waals surface area (Å²) in [6, 6.07) is 2.13. The van der Waals surface area contributed by atoms with Crippen LogP contribution in [0.15, 0.2) is 6.07 Å². The molecule has 1 aliphatic carbocycles. The molecule has 4 heteroatoms.